The number of hydrogen-bond acceptors (Lipinski definition) is 6. The molecule has 4 rings (SSSR count). The number of hydrogen-bond donors (Lipinski definition) is 1. The monoisotopic (exact) mass is 435 g/mol. The summed E-state index contributed by atoms with van der Waals surface area (Å²) in [5.41, 5.74) is 1.12. The van der Waals surface area contributed by atoms with Crippen LogP contribution >= 0.6 is 0 Å². The summed E-state index contributed by atoms with van der Waals surface area (Å²) in [7, 11) is -2.47. The van der Waals surface area contributed by atoms with Crippen LogP contribution in [0.5, 0.6) is 0 Å². The highest BCUT2D eigenvalue weighted by Crippen LogP contribution is 2.27. The predicted octanol–water partition coefficient (Wildman–Crippen LogP) is 2.69. The summed E-state index contributed by atoms with van der Waals surface area (Å²) >= 11 is 0. The number of anilines is 2. The van der Waals surface area contributed by atoms with E-state index in [2.05, 4.69) is 4.72 Å². The number of fused-ring (bicyclic) bond motifs is 1. The number of morpholine rings is 1. The Morgan fingerprint density at radius 3 is 2.47 bits per heavy atom. The van der Waals surface area contributed by atoms with E-state index in [1.807, 2.05) is 18.7 Å². The van der Waals surface area contributed by atoms with Crippen LogP contribution in [0.4, 0.5) is 15.8 Å². The summed E-state index contributed by atoms with van der Waals surface area (Å²) in [5.74, 6) is -1.11. The third kappa shape index (κ3) is 3.80. The van der Waals surface area contributed by atoms with Crippen molar-refractivity contribution in [3.63, 3.8) is 0 Å². The average Bonchev–Trinajstić information content (AvgIpc) is 2.94. The highest BCUT2D eigenvalue weighted by atomic mass is 32.2. The molecule has 1 aliphatic heterocycles. The topological polar surface area (TPSA) is 93.8 Å². The summed E-state index contributed by atoms with van der Waals surface area (Å²) in [4.78, 5) is 13.4. The number of aryl methyl sites for hydroxylation is 1. The Bertz CT molecular complexity index is 1260. The van der Waals surface area contributed by atoms with Crippen LogP contribution in [0.2, 0.25) is 0 Å². The zero-order valence-electron chi connectivity index (χ0n) is 16.8. The van der Waals surface area contributed by atoms with Crippen molar-refractivity contribution in [2.24, 2.45) is 7.05 Å². The second-order valence-electron chi connectivity index (χ2n) is 7.49. The van der Waals surface area contributed by atoms with E-state index in [1.165, 1.54) is 35.9 Å². The summed E-state index contributed by atoms with van der Waals surface area (Å²) in [6, 6.07) is 8.33. The second kappa shape index (κ2) is 7.44. The normalized spacial score (nSPS) is 19.9. The molecule has 0 amide bonds. The number of benzene rings is 2. The van der Waals surface area contributed by atoms with E-state index < -0.39 is 21.6 Å². The van der Waals surface area contributed by atoms with Crippen molar-refractivity contribution in [1.82, 2.24) is 4.57 Å². The highest BCUT2D eigenvalue weighted by Gasteiger charge is 2.25. The molecule has 2 aromatic carbocycles. The summed E-state index contributed by atoms with van der Waals surface area (Å²) < 4.78 is 54.6. The van der Waals surface area contributed by atoms with Gasteiger partial charge < -0.3 is 14.1 Å². The van der Waals surface area contributed by atoms with Crippen LogP contribution < -0.4 is 15.4 Å². The molecule has 1 aliphatic rings. The largest absolute Gasteiger partial charge is 0.419 e. The maximum atomic E-state index is 14.8. The van der Waals surface area contributed by atoms with Crippen molar-refractivity contribution in [2.75, 3.05) is 22.7 Å². The Kier molecular flexibility index (Phi) is 5.07. The smallest absolute Gasteiger partial charge is 0.408 e. The first-order valence-corrected chi connectivity index (χ1v) is 10.9. The molecule has 10 heteroatoms. The highest BCUT2D eigenvalue weighted by molar-refractivity contribution is 7.92. The van der Waals surface area contributed by atoms with Gasteiger partial charge in [0.05, 0.1) is 34.0 Å². The van der Waals surface area contributed by atoms with E-state index in [0.29, 0.717) is 24.3 Å². The zero-order chi connectivity index (χ0) is 21.6. The van der Waals surface area contributed by atoms with Gasteiger partial charge in [-0.05, 0) is 38.1 Å². The molecule has 0 bridgehead atoms. The van der Waals surface area contributed by atoms with Gasteiger partial charge in [-0.1, -0.05) is 0 Å². The first-order chi connectivity index (χ1) is 14.1. The molecule has 1 fully saturated rings. The number of nitrogens with zero attached hydrogens (tertiary/aromatic N) is 2. The number of oxazole rings is 1. The maximum Gasteiger partial charge on any atom is 0.419 e. The minimum atomic E-state index is -4.00. The number of nitrogens with one attached hydrogen (secondary N) is 1. The van der Waals surface area contributed by atoms with Crippen LogP contribution in [0.1, 0.15) is 13.8 Å². The predicted molar refractivity (Wildman–Crippen MR) is 111 cm³/mol. The number of aromatic nitrogens is 1. The molecule has 0 spiro atoms. The third-order valence-corrected chi connectivity index (χ3v) is 6.41. The molecular formula is C20H22FN3O5S. The molecule has 2 unspecified atom stereocenters. The number of rotatable bonds is 4. The minimum Gasteiger partial charge on any atom is -0.408 e. The van der Waals surface area contributed by atoms with Crippen molar-refractivity contribution < 1.29 is 22.0 Å². The molecule has 30 heavy (non-hydrogen) atoms. The zero-order valence-corrected chi connectivity index (χ0v) is 17.6. The van der Waals surface area contributed by atoms with Crippen LogP contribution in [0.25, 0.3) is 11.1 Å². The van der Waals surface area contributed by atoms with Crippen LogP contribution in [-0.4, -0.2) is 38.3 Å². The van der Waals surface area contributed by atoms with E-state index >= 15 is 0 Å². The van der Waals surface area contributed by atoms with E-state index in [4.69, 9.17) is 9.15 Å². The number of ether oxygens (including phenoxy) is 1. The maximum absolute atomic E-state index is 14.8. The molecule has 2 heterocycles. The summed E-state index contributed by atoms with van der Waals surface area (Å²) in [6.07, 6.45) is -0.0569. The molecule has 2 atom stereocenters. The van der Waals surface area contributed by atoms with Gasteiger partial charge in [-0.3, -0.25) is 9.29 Å². The first kappa shape index (κ1) is 20.4. The van der Waals surface area contributed by atoms with E-state index in [0.717, 1.165) is 6.07 Å². The van der Waals surface area contributed by atoms with Gasteiger partial charge in [0.15, 0.2) is 5.58 Å². The fourth-order valence-corrected chi connectivity index (χ4v) is 4.76. The molecule has 1 saturated heterocycles. The molecule has 0 saturated carbocycles. The number of sulfonamides is 1. The van der Waals surface area contributed by atoms with Crippen molar-refractivity contribution in [1.29, 1.82) is 0 Å². The van der Waals surface area contributed by atoms with E-state index in [-0.39, 0.29) is 28.4 Å². The van der Waals surface area contributed by atoms with Crippen molar-refractivity contribution in [3.05, 3.63) is 52.8 Å². The molecule has 160 valence electrons. The Balaban J connectivity index is 1.59. The van der Waals surface area contributed by atoms with Gasteiger partial charge in [0.1, 0.15) is 5.82 Å². The SMILES string of the molecule is CC1CN(c2ccc(NS(=O)(=O)c3ccc4c(c3)oc(=O)n4C)cc2F)CC(C)O1. The van der Waals surface area contributed by atoms with Gasteiger partial charge in [0.2, 0.25) is 0 Å². The lowest BCUT2D eigenvalue weighted by Crippen LogP contribution is -2.45. The lowest BCUT2D eigenvalue weighted by molar-refractivity contribution is -0.00539. The molecular weight excluding hydrogens is 413 g/mol. The van der Waals surface area contributed by atoms with Gasteiger partial charge in [-0.25, -0.2) is 17.6 Å². The van der Waals surface area contributed by atoms with Crippen LogP contribution in [0, 0.1) is 5.82 Å². The van der Waals surface area contributed by atoms with Crippen molar-refractivity contribution in [2.45, 2.75) is 31.0 Å². The second-order valence-corrected chi connectivity index (χ2v) is 9.17. The Morgan fingerprint density at radius 2 is 1.80 bits per heavy atom. The molecule has 0 radical (unpaired) electrons. The lowest BCUT2D eigenvalue weighted by Gasteiger charge is -2.37. The molecule has 1 aromatic heterocycles. The third-order valence-electron chi connectivity index (χ3n) is 5.03. The average molecular weight is 435 g/mol. The Hall–Kier alpha value is -2.85. The van der Waals surface area contributed by atoms with E-state index in [1.54, 1.807) is 6.07 Å². The Labute approximate surface area is 172 Å². The standard InChI is InChI=1S/C20H22FN3O5S/c1-12-10-24(11-13(2)28-12)17-6-4-14(8-16(17)21)22-30(26,27)15-5-7-18-19(9-15)29-20(25)23(18)3/h4-9,12-13,22H,10-11H2,1-3H3. The quantitative estimate of drug-likeness (QED) is 0.677. The number of halogens is 1. The van der Waals surface area contributed by atoms with Crippen LogP contribution in [0.15, 0.2) is 50.5 Å². The first-order valence-electron chi connectivity index (χ1n) is 9.46. The fraction of sp³-hybridized carbons (Fsp3) is 0.350. The van der Waals surface area contributed by atoms with Crippen molar-refractivity contribution in [3.8, 4) is 0 Å². The lowest BCUT2D eigenvalue weighted by atomic mass is 10.2. The molecule has 3 aromatic rings. The van der Waals surface area contributed by atoms with Crippen LogP contribution in [-0.2, 0) is 21.8 Å². The molecule has 8 nitrogen and oxygen atoms in total. The summed E-state index contributed by atoms with van der Waals surface area (Å²) in [5, 5.41) is 0. The minimum absolute atomic E-state index is 0.0284. The fourth-order valence-electron chi connectivity index (χ4n) is 3.70. The van der Waals surface area contributed by atoms with Crippen LogP contribution in [0.3, 0.4) is 0 Å². The van der Waals surface area contributed by atoms with E-state index in [9.17, 15) is 17.6 Å². The summed E-state index contributed by atoms with van der Waals surface area (Å²) in [6.45, 7) is 4.95. The molecule has 1 N–H and O–H groups in total. The van der Waals surface area contributed by atoms with Gasteiger partial charge in [0, 0.05) is 32.3 Å². The van der Waals surface area contributed by atoms with Crippen molar-refractivity contribution >= 4 is 32.5 Å². The molecule has 0 aliphatic carbocycles. The Morgan fingerprint density at radius 1 is 1.10 bits per heavy atom. The van der Waals surface area contributed by atoms with Gasteiger partial charge in [0.25, 0.3) is 10.0 Å². The van der Waals surface area contributed by atoms with Gasteiger partial charge in [-0.2, -0.15) is 0 Å². The van der Waals surface area contributed by atoms with Gasteiger partial charge in [-0.15, -0.1) is 0 Å². The van der Waals surface area contributed by atoms with Gasteiger partial charge >= 0.3 is 5.76 Å².